The highest BCUT2D eigenvalue weighted by Crippen LogP contribution is 2.38. The third-order valence-electron chi connectivity index (χ3n) is 3.49. The summed E-state index contributed by atoms with van der Waals surface area (Å²) in [5.41, 5.74) is 0. The number of amidine groups is 1. The van der Waals surface area contributed by atoms with Gasteiger partial charge in [-0.1, -0.05) is 17.8 Å². The molecule has 0 aromatic carbocycles. The van der Waals surface area contributed by atoms with Gasteiger partial charge >= 0.3 is 0 Å². The summed E-state index contributed by atoms with van der Waals surface area (Å²) < 4.78 is 23.4. The molecule has 2 heterocycles. The van der Waals surface area contributed by atoms with Gasteiger partial charge in [0.25, 0.3) is 0 Å². The largest absolute Gasteiger partial charge is 0.550 e. The number of aliphatic carboxylic acids is 1. The van der Waals surface area contributed by atoms with Crippen LogP contribution in [0.5, 0.6) is 0 Å². The van der Waals surface area contributed by atoms with Crippen molar-refractivity contribution in [2.45, 2.75) is 30.6 Å². The Morgan fingerprint density at radius 1 is 1.41 bits per heavy atom. The SMILES string of the molecule is C=CCN1C(=NC(=O)CCCC(=O)[O-])S[C@@H]2CS(=O)(=O)C[C@@H]21. The minimum atomic E-state index is -3.04. The number of aliphatic imine (C=N–C) groups is 1. The van der Waals surface area contributed by atoms with E-state index in [1.807, 2.05) is 0 Å². The van der Waals surface area contributed by atoms with Gasteiger partial charge in [-0.25, -0.2) is 8.42 Å². The highest BCUT2D eigenvalue weighted by atomic mass is 32.2. The van der Waals surface area contributed by atoms with Crippen molar-refractivity contribution >= 4 is 38.6 Å². The first-order chi connectivity index (χ1) is 10.3. The van der Waals surface area contributed by atoms with E-state index in [1.165, 1.54) is 11.8 Å². The van der Waals surface area contributed by atoms with Gasteiger partial charge in [0.15, 0.2) is 15.0 Å². The van der Waals surface area contributed by atoms with E-state index in [1.54, 1.807) is 11.0 Å². The Hall–Kier alpha value is -1.35. The Morgan fingerprint density at radius 3 is 2.77 bits per heavy atom. The maximum atomic E-state index is 11.8. The van der Waals surface area contributed by atoms with E-state index in [-0.39, 0.29) is 42.1 Å². The summed E-state index contributed by atoms with van der Waals surface area (Å²) in [5, 5.41) is 10.7. The van der Waals surface area contributed by atoms with Crippen LogP contribution in [0.4, 0.5) is 0 Å². The summed E-state index contributed by atoms with van der Waals surface area (Å²) in [7, 11) is -3.04. The zero-order valence-corrected chi connectivity index (χ0v) is 13.6. The van der Waals surface area contributed by atoms with Crippen LogP contribution in [0.2, 0.25) is 0 Å². The maximum Gasteiger partial charge on any atom is 0.248 e. The van der Waals surface area contributed by atoms with Crippen LogP contribution in [0.15, 0.2) is 17.6 Å². The van der Waals surface area contributed by atoms with Crippen molar-refractivity contribution in [2.75, 3.05) is 18.1 Å². The second-order valence-corrected chi connectivity index (χ2v) is 8.62. The van der Waals surface area contributed by atoms with Crippen LogP contribution < -0.4 is 5.11 Å². The van der Waals surface area contributed by atoms with E-state index in [2.05, 4.69) is 11.6 Å². The molecule has 0 aromatic heterocycles. The molecule has 2 fully saturated rings. The van der Waals surface area contributed by atoms with Crippen LogP contribution in [0.25, 0.3) is 0 Å². The first-order valence-electron chi connectivity index (χ1n) is 6.88. The van der Waals surface area contributed by atoms with Crippen LogP contribution >= 0.6 is 11.8 Å². The lowest BCUT2D eigenvalue weighted by Crippen LogP contribution is -2.37. The summed E-state index contributed by atoms with van der Waals surface area (Å²) in [6.07, 6.45) is 1.69. The zero-order chi connectivity index (χ0) is 16.3. The molecule has 0 unspecified atom stereocenters. The number of hydrogen-bond acceptors (Lipinski definition) is 6. The fourth-order valence-electron chi connectivity index (χ4n) is 2.53. The van der Waals surface area contributed by atoms with Crippen molar-refractivity contribution in [3.8, 4) is 0 Å². The van der Waals surface area contributed by atoms with Crippen LogP contribution in [0.3, 0.4) is 0 Å². The molecule has 7 nitrogen and oxygen atoms in total. The van der Waals surface area contributed by atoms with Gasteiger partial charge in [0, 0.05) is 24.2 Å². The molecule has 122 valence electrons. The van der Waals surface area contributed by atoms with Crippen molar-refractivity contribution in [1.29, 1.82) is 0 Å². The van der Waals surface area contributed by atoms with Crippen LogP contribution in [-0.4, -0.2) is 59.7 Å². The quantitative estimate of drug-likeness (QED) is 0.579. The van der Waals surface area contributed by atoms with Crippen molar-refractivity contribution in [1.82, 2.24) is 4.90 Å². The summed E-state index contributed by atoms with van der Waals surface area (Å²) in [5.74, 6) is -1.44. The third-order valence-corrected chi connectivity index (χ3v) is 6.74. The van der Waals surface area contributed by atoms with E-state index in [4.69, 9.17) is 0 Å². The Kier molecular flexibility index (Phi) is 5.28. The Bertz CT molecular complexity index is 614. The number of carbonyl (C=O) groups excluding carboxylic acids is 2. The normalized spacial score (nSPS) is 27.8. The molecule has 0 aliphatic carbocycles. The van der Waals surface area contributed by atoms with Crippen molar-refractivity contribution in [3.63, 3.8) is 0 Å². The number of sulfone groups is 1. The lowest BCUT2D eigenvalue weighted by Gasteiger charge is -2.22. The van der Waals surface area contributed by atoms with E-state index < -0.39 is 21.7 Å². The molecule has 0 radical (unpaired) electrons. The van der Waals surface area contributed by atoms with Gasteiger partial charge in [0.05, 0.1) is 17.5 Å². The lowest BCUT2D eigenvalue weighted by atomic mass is 10.2. The number of fused-ring (bicyclic) bond motifs is 1. The highest BCUT2D eigenvalue weighted by Gasteiger charge is 2.48. The monoisotopic (exact) mass is 345 g/mol. The first-order valence-corrected chi connectivity index (χ1v) is 9.58. The molecule has 0 N–H and O–H groups in total. The maximum absolute atomic E-state index is 11.8. The number of amides is 1. The number of carboxylic acid groups (broad SMARTS) is 1. The van der Waals surface area contributed by atoms with Gasteiger partial charge < -0.3 is 14.8 Å². The molecule has 0 saturated carbocycles. The molecule has 0 aromatic rings. The summed E-state index contributed by atoms with van der Waals surface area (Å²) in [4.78, 5) is 27.9. The molecule has 22 heavy (non-hydrogen) atoms. The number of carbonyl (C=O) groups is 2. The average Bonchev–Trinajstić information content (AvgIpc) is 2.83. The molecule has 0 spiro atoms. The molecule has 2 aliphatic heterocycles. The Morgan fingerprint density at radius 2 is 2.14 bits per heavy atom. The second-order valence-electron chi connectivity index (χ2n) is 5.26. The zero-order valence-electron chi connectivity index (χ0n) is 11.9. The van der Waals surface area contributed by atoms with Gasteiger partial charge in [0.2, 0.25) is 5.91 Å². The number of carboxylic acids is 1. The van der Waals surface area contributed by atoms with Crippen molar-refractivity contribution in [2.24, 2.45) is 4.99 Å². The highest BCUT2D eigenvalue weighted by molar-refractivity contribution is 8.15. The predicted octanol–water partition coefficient (Wildman–Crippen LogP) is -0.810. The molecular formula is C13H17N2O5S2-. The number of hydrogen-bond donors (Lipinski definition) is 0. The second kappa shape index (κ2) is 6.82. The Balaban J connectivity index is 2.04. The average molecular weight is 345 g/mol. The molecule has 0 bridgehead atoms. The summed E-state index contributed by atoms with van der Waals surface area (Å²) >= 11 is 1.30. The molecule has 9 heteroatoms. The molecule has 1 amide bonds. The molecule has 2 aliphatic rings. The van der Waals surface area contributed by atoms with E-state index in [0.29, 0.717) is 11.7 Å². The number of thioether (sulfide) groups is 1. The van der Waals surface area contributed by atoms with Crippen LogP contribution in [0.1, 0.15) is 19.3 Å². The van der Waals surface area contributed by atoms with Crippen molar-refractivity contribution < 1.29 is 23.1 Å². The van der Waals surface area contributed by atoms with E-state index >= 15 is 0 Å². The molecule has 2 atom stereocenters. The van der Waals surface area contributed by atoms with Crippen LogP contribution in [0, 0.1) is 0 Å². The predicted molar refractivity (Wildman–Crippen MR) is 82.0 cm³/mol. The minimum absolute atomic E-state index is 0.0353. The van der Waals surface area contributed by atoms with Gasteiger partial charge in [-0.2, -0.15) is 4.99 Å². The van der Waals surface area contributed by atoms with E-state index in [0.717, 1.165) is 0 Å². The van der Waals surface area contributed by atoms with Gasteiger partial charge in [0.1, 0.15) is 0 Å². The fourth-order valence-corrected chi connectivity index (χ4v) is 6.51. The topological polar surface area (TPSA) is 107 Å². The first kappa shape index (κ1) is 17.0. The standard InChI is InChI=1S/C13H18N2O5S2/c1-2-6-15-9-7-22(19,20)8-10(9)21-13(15)14-11(16)4-3-5-12(17)18/h2,9-10H,1,3-8H2,(H,17,18)/p-1/t9-,10+/m0/s1. The number of nitrogens with zero attached hydrogens (tertiary/aromatic N) is 2. The molecular weight excluding hydrogens is 328 g/mol. The third kappa shape index (κ3) is 4.10. The number of rotatable bonds is 6. The van der Waals surface area contributed by atoms with Crippen LogP contribution in [-0.2, 0) is 19.4 Å². The molecule has 2 saturated heterocycles. The van der Waals surface area contributed by atoms with Gasteiger partial charge in [-0.05, 0) is 12.8 Å². The molecule has 2 rings (SSSR count). The Labute approximate surface area is 133 Å². The smallest absolute Gasteiger partial charge is 0.248 e. The minimum Gasteiger partial charge on any atom is -0.550 e. The fraction of sp³-hybridized carbons (Fsp3) is 0.615. The van der Waals surface area contributed by atoms with Gasteiger partial charge in [-0.3, -0.25) is 4.79 Å². The summed E-state index contributed by atoms with van der Waals surface area (Å²) in [6.45, 7) is 4.07. The van der Waals surface area contributed by atoms with E-state index in [9.17, 15) is 23.1 Å². The van der Waals surface area contributed by atoms with Gasteiger partial charge in [-0.15, -0.1) is 6.58 Å². The lowest BCUT2D eigenvalue weighted by molar-refractivity contribution is -0.305. The summed E-state index contributed by atoms with van der Waals surface area (Å²) in [6, 6.07) is -0.178. The van der Waals surface area contributed by atoms with Crippen molar-refractivity contribution in [3.05, 3.63) is 12.7 Å².